The van der Waals surface area contributed by atoms with Crippen molar-refractivity contribution >= 4 is 0 Å². The van der Waals surface area contributed by atoms with Crippen molar-refractivity contribution in [3.63, 3.8) is 0 Å². The van der Waals surface area contributed by atoms with Crippen LogP contribution in [0.3, 0.4) is 0 Å². The van der Waals surface area contributed by atoms with Crippen LogP contribution < -0.4 is 9.47 Å². The SMILES string of the molecule is CN(Cc1ccc2c(c1)OCCO2)Cc1noc(C2CCOCC2)n1. The van der Waals surface area contributed by atoms with Crippen LogP contribution >= 0.6 is 0 Å². The molecular formula is C18H23N3O4. The molecule has 0 unspecified atom stereocenters. The average Bonchev–Trinajstić information content (AvgIpc) is 3.10. The van der Waals surface area contributed by atoms with Gasteiger partial charge < -0.3 is 18.7 Å². The van der Waals surface area contributed by atoms with Crippen LogP contribution in [0, 0.1) is 0 Å². The molecule has 2 aromatic rings. The summed E-state index contributed by atoms with van der Waals surface area (Å²) in [6.07, 6.45) is 1.91. The van der Waals surface area contributed by atoms with E-state index in [9.17, 15) is 0 Å². The molecule has 0 spiro atoms. The molecule has 0 saturated carbocycles. The first-order chi connectivity index (χ1) is 12.3. The quantitative estimate of drug-likeness (QED) is 0.824. The number of hydrogen-bond donors (Lipinski definition) is 0. The summed E-state index contributed by atoms with van der Waals surface area (Å²) in [6, 6.07) is 6.07. The Morgan fingerprint density at radius 2 is 1.84 bits per heavy atom. The van der Waals surface area contributed by atoms with Crippen molar-refractivity contribution in [3.8, 4) is 11.5 Å². The number of benzene rings is 1. The average molecular weight is 345 g/mol. The van der Waals surface area contributed by atoms with Crippen LogP contribution in [-0.4, -0.2) is 48.5 Å². The van der Waals surface area contributed by atoms with Gasteiger partial charge in [-0.05, 0) is 37.6 Å². The molecule has 0 bridgehead atoms. The van der Waals surface area contributed by atoms with E-state index in [0.717, 1.165) is 55.8 Å². The minimum absolute atomic E-state index is 0.332. The van der Waals surface area contributed by atoms with Gasteiger partial charge in [-0.3, -0.25) is 4.90 Å². The summed E-state index contributed by atoms with van der Waals surface area (Å²) in [5, 5.41) is 4.13. The number of rotatable bonds is 5. The molecule has 2 aliphatic heterocycles. The lowest BCUT2D eigenvalue weighted by atomic mass is 10.0. The van der Waals surface area contributed by atoms with Gasteiger partial charge in [-0.25, -0.2) is 0 Å². The zero-order chi connectivity index (χ0) is 17.1. The second kappa shape index (κ2) is 7.41. The molecule has 134 valence electrons. The molecule has 0 amide bonds. The van der Waals surface area contributed by atoms with E-state index in [4.69, 9.17) is 18.7 Å². The van der Waals surface area contributed by atoms with Crippen LogP contribution in [0.25, 0.3) is 0 Å². The van der Waals surface area contributed by atoms with Crippen molar-refractivity contribution in [1.82, 2.24) is 15.0 Å². The fourth-order valence-electron chi connectivity index (χ4n) is 3.24. The van der Waals surface area contributed by atoms with E-state index in [2.05, 4.69) is 21.1 Å². The summed E-state index contributed by atoms with van der Waals surface area (Å²) in [6.45, 7) is 4.17. The summed E-state index contributed by atoms with van der Waals surface area (Å²) in [4.78, 5) is 6.72. The lowest BCUT2D eigenvalue weighted by Gasteiger charge is -2.20. The molecule has 0 radical (unpaired) electrons. The molecule has 1 aromatic heterocycles. The lowest BCUT2D eigenvalue weighted by molar-refractivity contribution is 0.0778. The monoisotopic (exact) mass is 345 g/mol. The van der Waals surface area contributed by atoms with Gasteiger partial charge in [0.15, 0.2) is 17.3 Å². The van der Waals surface area contributed by atoms with E-state index in [1.54, 1.807) is 0 Å². The molecule has 1 fully saturated rings. The van der Waals surface area contributed by atoms with Gasteiger partial charge in [0.05, 0.1) is 6.54 Å². The van der Waals surface area contributed by atoms with Crippen LogP contribution in [0.5, 0.6) is 11.5 Å². The van der Waals surface area contributed by atoms with Crippen LogP contribution in [0.2, 0.25) is 0 Å². The van der Waals surface area contributed by atoms with Gasteiger partial charge in [0.25, 0.3) is 0 Å². The molecule has 0 aliphatic carbocycles. The first-order valence-electron chi connectivity index (χ1n) is 8.75. The number of hydrogen-bond acceptors (Lipinski definition) is 7. The van der Waals surface area contributed by atoms with Gasteiger partial charge in [-0.15, -0.1) is 0 Å². The molecule has 2 aliphatic rings. The van der Waals surface area contributed by atoms with E-state index >= 15 is 0 Å². The Morgan fingerprint density at radius 3 is 2.68 bits per heavy atom. The van der Waals surface area contributed by atoms with Crippen LogP contribution in [-0.2, 0) is 17.8 Å². The zero-order valence-corrected chi connectivity index (χ0v) is 14.4. The highest BCUT2D eigenvalue weighted by Crippen LogP contribution is 2.31. The second-order valence-electron chi connectivity index (χ2n) is 6.59. The summed E-state index contributed by atoms with van der Waals surface area (Å²) in [5.74, 6) is 3.43. The fourth-order valence-corrected chi connectivity index (χ4v) is 3.24. The summed E-state index contributed by atoms with van der Waals surface area (Å²) in [5.41, 5.74) is 1.17. The lowest BCUT2D eigenvalue weighted by Crippen LogP contribution is -2.19. The van der Waals surface area contributed by atoms with Crippen molar-refractivity contribution in [2.45, 2.75) is 31.8 Å². The predicted molar refractivity (Wildman–Crippen MR) is 89.7 cm³/mol. The van der Waals surface area contributed by atoms with Gasteiger partial charge in [-0.2, -0.15) is 4.98 Å². The fraction of sp³-hybridized carbons (Fsp3) is 0.556. The van der Waals surface area contributed by atoms with Gasteiger partial charge >= 0.3 is 0 Å². The van der Waals surface area contributed by atoms with Crippen molar-refractivity contribution in [1.29, 1.82) is 0 Å². The Hall–Kier alpha value is -2.12. The van der Waals surface area contributed by atoms with E-state index < -0.39 is 0 Å². The highest BCUT2D eigenvalue weighted by Gasteiger charge is 2.22. The minimum atomic E-state index is 0.332. The third-order valence-electron chi connectivity index (χ3n) is 4.52. The van der Waals surface area contributed by atoms with E-state index in [0.29, 0.717) is 25.7 Å². The Morgan fingerprint density at radius 1 is 1.04 bits per heavy atom. The van der Waals surface area contributed by atoms with Crippen molar-refractivity contribution in [3.05, 3.63) is 35.5 Å². The van der Waals surface area contributed by atoms with Crippen LogP contribution in [0.15, 0.2) is 22.7 Å². The van der Waals surface area contributed by atoms with Crippen molar-refractivity contribution < 1.29 is 18.7 Å². The first kappa shape index (κ1) is 16.4. The highest BCUT2D eigenvalue weighted by atomic mass is 16.6. The molecular weight excluding hydrogens is 322 g/mol. The maximum atomic E-state index is 5.64. The molecule has 7 heteroatoms. The van der Waals surface area contributed by atoms with Crippen molar-refractivity contribution in [2.24, 2.45) is 0 Å². The smallest absolute Gasteiger partial charge is 0.229 e. The van der Waals surface area contributed by atoms with Crippen LogP contribution in [0.1, 0.15) is 36.0 Å². The molecule has 25 heavy (non-hydrogen) atoms. The summed E-state index contributed by atoms with van der Waals surface area (Å²) < 4.78 is 22.0. The summed E-state index contributed by atoms with van der Waals surface area (Å²) in [7, 11) is 2.04. The number of nitrogens with zero attached hydrogens (tertiary/aromatic N) is 3. The number of aromatic nitrogens is 2. The maximum absolute atomic E-state index is 5.64. The van der Waals surface area contributed by atoms with Gasteiger partial charge in [0.2, 0.25) is 5.89 Å². The van der Waals surface area contributed by atoms with Gasteiger partial charge in [0, 0.05) is 25.7 Å². The number of ether oxygens (including phenoxy) is 3. The molecule has 3 heterocycles. The largest absolute Gasteiger partial charge is 0.486 e. The number of fused-ring (bicyclic) bond motifs is 1. The van der Waals surface area contributed by atoms with Crippen molar-refractivity contribution in [2.75, 3.05) is 33.5 Å². The molecule has 1 aromatic carbocycles. The van der Waals surface area contributed by atoms with E-state index in [1.165, 1.54) is 5.56 Å². The molecule has 7 nitrogen and oxygen atoms in total. The molecule has 0 N–H and O–H groups in total. The maximum Gasteiger partial charge on any atom is 0.229 e. The Bertz CT molecular complexity index is 712. The molecule has 1 saturated heterocycles. The predicted octanol–water partition coefficient (Wildman–Crippen LogP) is 2.37. The van der Waals surface area contributed by atoms with Gasteiger partial charge in [-0.1, -0.05) is 11.2 Å². The highest BCUT2D eigenvalue weighted by molar-refractivity contribution is 5.43. The summed E-state index contributed by atoms with van der Waals surface area (Å²) >= 11 is 0. The third kappa shape index (κ3) is 3.93. The molecule has 0 atom stereocenters. The molecule has 4 rings (SSSR count). The standard InChI is InChI=1S/C18H23N3O4/c1-21(11-13-2-3-15-16(10-13)24-9-8-23-15)12-17-19-18(25-20-17)14-4-6-22-7-5-14/h2-3,10,14H,4-9,11-12H2,1H3. The van der Waals surface area contributed by atoms with Crippen LogP contribution in [0.4, 0.5) is 0 Å². The van der Waals surface area contributed by atoms with E-state index in [-0.39, 0.29) is 0 Å². The Kier molecular flexibility index (Phi) is 4.85. The minimum Gasteiger partial charge on any atom is -0.486 e. The van der Waals surface area contributed by atoms with E-state index in [1.807, 2.05) is 19.2 Å². The third-order valence-corrected chi connectivity index (χ3v) is 4.52. The Labute approximate surface area is 146 Å². The zero-order valence-electron chi connectivity index (χ0n) is 14.4. The second-order valence-corrected chi connectivity index (χ2v) is 6.59. The first-order valence-corrected chi connectivity index (χ1v) is 8.75. The normalized spacial score (nSPS) is 17.8. The van der Waals surface area contributed by atoms with Gasteiger partial charge in [0.1, 0.15) is 13.2 Å². The topological polar surface area (TPSA) is 69.9 Å². The Balaban J connectivity index is 1.35.